The average molecular weight is 376 g/mol. The summed E-state index contributed by atoms with van der Waals surface area (Å²) in [5, 5.41) is 10.6. The molecule has 0 amide bonds. The standard InChI is InChI=1S/C25H45NO/c1-5-7-12-20(6-2)14-11-15-23-24-18-21(17-22(24)19-25(23)27)13-9-8-10-16-26(3)4/h11,15,17,20,22-25,27H,5-10,12-14,16,18-19H2,1-4H3/t20-,22-,23+,24-,25+/m0/s1. The Morgan fingerprint density at radius 3 is 2.70 bits per heavy atom. The lowest BCUT2D eigenvalue weighted by Crippen LogP contribution is -2.17. The molecule has 0 spiro atoms. The molecule has 2 heteroatoms. The molecule has 0 aromatic carbocycles. The van der Waals surface area contributed by atoms with Gasteiger partial charge in [0.25, 0.3) is 0 Å². The predicted octanol–water partition coefficient (Wildman–Crippen LogP) is 6.21. The van der Waals surface area contributed by atoms with Crippen LogP contribution < -0.4 is 0 Å². The normalized spacial score (nSPS) is 28.9. The fourth-order valence-electron chi connectivity index (χ4n) is 5.16. The minimum atomic E-state index is -0.121. The topological polar surface area (TPSA) is 23.5 Å². The molecule has 156 valence electrons. The molecule has 0 aliphatic heterocycles. The van der Waals surface area contributed by atoms with Crippen LogP contribution in [0.1, 0.15) is 84.5 Å². The van der Waals surface area contributed by atoms with Gasteiger partial charge in [0.05, 0.1) is 6.10 Å². The zero-order valence-corrected chi connectivity index (χ0v) is 18.5. The van der Waals surface area contributed by atoms with Crippen LogP contribution >= 0.6 is 0 Å². The van der Waals surface area contributed by atoms with E-state index >= 15 is 0 Å². The Morgan fingerprint density at radius 1 is 1.19 bits per heavy atom. The minimum Gasteiger partial charge on any atom is -0.392 e. The number of unbranched alkanes of at least 4 members (excludes halogenated alkanes) is 3. The summed E-state index contributed by atoms with van der Waals surface area (Å²) in [6.07, 6.45) is 21.2. The van der Waals surface area contributed by atoms with Gasteiger partial charge in [-0.15, -0.1) is 0 Å². The summed E-state index contributed by atoms with van der Waals surface area (Å²) < 4.78 is 0. The van der Waals surface area contributed by atoms with Crippen molar-refractivity contribution >= 4 is 0 Å². The molecule has 1 fully saturated rings. The second-order valence-electron chi connectivity index (χ2n) is 9.43. The third kappa shape index (κ3) is 7.38. The Kier molecular flexibility index (Phi) is 10.1. The maximum absolute atomic E-state index is 10.6. The highest BCUT2D eigenvalue weighted by molar-refractivity contribution is 5.20. The molecular weight excluding hydrogens is 330 g/mol. The van der Waals surface area contributed by atoms with Gasteiger partial charge in [-0.25, -0.2) is 0 Å². The largest absolute Gasteiger partial charge is 0.392 e. The van der Waals surface area contributed by atoms with Crippen molar-refractivity contribution in [3.63, 3.8) is 0 Å². The molecule has 0 bridgehead atoms. The summed E-state index contributed by atoms with van der Waals surface area (Å²) in [6, 6.07) is 0. The van der Waals surface area contributed by atoms with Crippen LogP contribution in [0, 0.1) is 23.7 Å². The Hall–Kier alpha value is -0.600. The summed E-state index contributed by atoms with van der Waals surface area (Å²) in [7, 11) is 4.32. The molecule has 1 N–H and O–H groups in total. The van der Waals surface area contributed by atoms with E-state index in [2.05, 4.69) is 51.1 Å². The molecule has 0 saturated heterocycles. The molecule has 0 radical (unpaired) electrons. The van der Waals surface area contributed by atoms with Gasteiger partial charge in [0, 0.05) is 5.92 Å². The first-order valence-electron chi connectivity index (χ1n) is 11.7. The van der Waals surface area contributed by atoms with Crippen molar-refractivity contribution in [3.8, 4) is 0 Å². The van der Waals surface area contributed by atoms with Crippen molar-refractivity contribution in [2.24, 2.45) is 23.7 Å². The highest BCUT2D eigenvalue weighted by Crippen LogP contribution is 2.48. The molecule has 0 heterocycles. The number of hydrogen-bond donors (Lipinski definition) is 1. The van der Waals surface area contributed by atoms with E-state index in [1.54, 1.807) is 5.57 Å². The number of aliphatic hydroxyl groups is 1. The van der Waals surface area contributed by atoms with Crippen LogP contribution in [0.4, 0.5) is 0 Å². The zero-order valence-electron chi connectivity index (χ0n) is 18.5. The van der Waals surface area contributed by atoms with E-state index in [-0.39, 0.29) is 6.10 Å². The molecule has 2 aliphatic carbocycles. The quantitative estimate of drug-likeness (QED) is 0.305. The molecule has 0 aromatic rings. The van der Waals surface area contributed by atoms with E-state index in [0.717, 1.165) is 12.3 Å². The SMILES string of the molecule is CCCC[C@H](CC)CC=C[C@@H]1[C@H]2CC(CCCCCN(C)C)=C[C@H]2C[C@H]1O. The number of nitrogens with zero attached hydrogens (tertiary/aromatic N) is 1. The minimum absolute atomic E-state index is 0.121. The molecule has 0 unspecified atom stereocenters. The lowest BCUT2D eigenvalue weighted by atomic mass is 9.87. The maximum atomic E-state index is 10.6. The van der Waals surface area contributed by atoms with Crippen molar-refractivity contribution in [2.75, 3.05) is 20.6 Å². The summed E-state index contributed by atoms with van der Waals surface area (Å²) in [4.78, 5) is 2.28. The first-order valence-corrected chi connectivity index (χ1v) is 11.7. The van der Waals surface area contributed by atoms with Gasteiger partial charge in [-0.1, -0.05) is 69.8 Å². The molecule has 2 rings (SSSR count). The number of aliphatic hydroxyl groups excluding tert-OH is 1. The van der Waals surface area contributed by atoms with Crippen molar-refractivity contribution < 1.29 is 5.11 Å². The van der Waals surface area contributed by atoms with Crippen molar-refractivity contribution in [2.45, 2.75) is 90.6 Å². The predicted molar refractivity (Wildman–Crippen MR) is 118 cm³/mol. The van der Waals surface area contributed by atoms with E-state index in [4.69, 9.17) is 0 Å². The van der Waals surface area contributed by atoms with Crippen molar-refractivity contribution in [3.05, 3.63) is 23.8 Å². The average Bonchev–Trinajstić information content (AvgIpc) is 3.14. The molecular formula is C25H45NO. The first-order chi connectivity index (χ1) is 13.0. The Morgan fingerprint density at radius 2 is 2.00 bits per heavy atom. The van der Waals surface area contributed by atoms with Crippen molar-refractivity contribution in [1.29, 1.82) is 0 Å². The van der Waals surface area contributed by atoms with E-state index < -0.39 is 0 Å². The van der Waals surface area contributed by atoms with Crippen LogP contribution in [0.2, 0.25) is 0 Å². The van der Waals surface area contributed by atoms with E-state index in [9.17, 15) is 5.11 Å². The van der Waals surface area contributed by atoms with Crippen LogP contribution in [0.3, 0.4) is 0 Å². The van der Waals surface area contributed by atoms with E-state index in [1.165, 1.54) is 70.8 Å². The summed E-state index contributed by atoms with van der Waals surface area (Å²) in [6.45, 7) is 5.81. The van der Waals surface area contributed by atoms with Gasteiger partial charge in [0.15, 0.2) is 0 Å². The van der Waals surface area contributed by atoms with Gasteiger partial charge in [-0.05, 0) is 76.9 Å². The Balaban J connectivity index is 1.75. The molecule has 5 atom stereocenters. The lowest BCUT2D eigenvalue weighted by molar-refractivity contribution is 0.141. The Bertz CT molecular complexity index is 467. The van der Waals surface area contributed by atoms with E-state index in [1.807, 2.05) is 0 Å². The first kappa shape index (κ1) is 22.7. The van der Waals surface area contributed by atoms with Crippen LogP contribution in [-0.4, -0.2) is 36.8 Å². The van der Waals surface area contributed by atoms with Crippen LogP contribution in [0.25, 0.3) is 0 Å². The van der Waals surface area contributed by atoms with Gasteiger partial charge in [-0.3, -0.25) is 0 Å². The summed E-state index contributed by atoms with van der Waals surface area (Å²) in [5.41, 5.74) is 1.68. The monoisotopic (exact) mass is 375 g/mol. The second kappa shape index (κ2) is 12.1. The zero-order chi connectivity index (χ0) is 19.6. The highest BCUT2D eigenvalue weighted by Gasteiger charge is 2.43. The van der Waals surface area contributed by atoms with Crippen LogP contribution in [-0.2, 0) is 0 Å². The molecule has 1 saturated carbocycles. The number of allylic oxidation sites excluding steroid dienone is 3. The van der Waals surface area contributed by atoms with Gasteiger partial charge in [-0.2, -0.15) is 0 Å². The van der Waals surface area contributed by atoms with Gasteiger partial charge >= 0.3 is 0 Å². The summed E-state index contributed by atoms with van der Waals surface area (Å²) in [5.74, 6) is 2.52. The maximum Gasteiger partial charge on any atom is 0.0611 e. The molecule has 27 heavy (non-hydrogen) atoms. The fraction of sp³-hybridized carbons (Fsp3) is 0.840. The molecule has 2 aliphatic rings. The van der Waals surface area contributed by atoms with Crippen LogP contribution in [0.5, 0.6) is 0 Å². The number of hydrogen-bond acceptors (Lipinski definition) is 2. The lowest BCUT2D eigenvalue weighted by Gasteiger charge is -2.19. The number of fused-ring (bicyclic) bond motifs is 1. The molecule has 2 nitrogen and oxygen atoms in total. The fourth-order valence-corrected chi connectivity index (χ4v) is 5.16. The number of rotatable bonds is 13. The molecule has 0 aromatic heterocycles. The Labute approximate surface area is 169 Å². The van der Waals surface area contributed by atoms with Crippen molar-refractivity contribution in [1.82, 2.24) is 4.90 Å². The van der Waals surface area contributed by atoms with Crippen LogP contribution in [0.15, 0.2) is 23.8 Å². The highest BCUT2D eigenvalue weighted by atomic mass is 16.3. The summed E-state index contributed by atoms with van der Waals surface area (Å²) >= 11 is 0. The van der Waals surface area contributed by atoms with E-state index in [0.29, 0.717) is 17.8 Å². The third-order valence-electron chi connectivity index (χ3n) is 6.92. The van der Waals surface area contributed by atoms with Gasteiger partial charge < -0.3 is 10.0 Å². The van der Waals surface area contributed by atoms with Gasteiger partial charge in [0.2, 0.25) is 0 Å². The smallest absolute Gasteiger partial charge is 0.0611 e. The van der Waals surface area contributed by atoms with Gasteiger partial charge in [0.1, 0.15) is 0 Å². The third-order valence-corrected chi connectivity index (χ3v) is 6.92. The second-order valence-corrected chi connectivity index (χ2v) is 9.43.